The van der Waals surface area contributed by atoms with Gasteiger partial charge in [-0.25, -0.2) is 0 Å². The molecular formula is C14H15ClO2. The fraction of sp³-hybridized carbons (Fsp3) is 0.286. The average molecular weight is 251 g/mol. The van der Waals surface area contributed by atoms with Crippen LogP contribution in [0.5, 0.6) is 11.5 Å². The minimum absolute atomic E-state index is 0.644. The van der Waals surface area contributed by atoms with Gasteiger partial charge in [-0.05, 0) is 30.2 Å². The lowest BCUT2D eigenvalue weighted by Crippen LogP contribution is -2.09. The zero-order chi connectivity index (χ0) is 12.3. The quantitative estimate of drug-likeness (QED) is 0.787. The molecular weight excluding hydrogens is 236 g/mol. The topological polar surface area (TPSA) is 18.5 Å². The van der Waals surface area contributed by atoms with Crippen molar-refractivity contribution in [2.45, 2.75) is 13.3 Å². The van der Waals surface area contributed by atoms with Crippen LogP contribution in [0.1, 0.15) is 24.5 Å². The number of methoxy groups -OCH3 is 1. The first-order valence-electron chi connectivity index (χ1n) is 5.57. The molecule has 0 atom stereocenters. The van der Waals surface area contributed by atoms with Crippen LogP contribution < -0.4 is 9.47 Å². The molecule has 0 spiro atoms. The van der Waals surface area contributed by atoms with Crippen molar-refractivity contribution in [3.63, 3.8) is 0 Å². The summed E-state index contributed by atoms with van der Waals surface area (Å²) < 4.78 is 11.0. The number of benzene rings is 1. The molecule has 90 valence electrons. The van der Waals surface area contributed by atoms with Gasteiger partial charge in [-0.3, -0.25) is 0 Å². The first kappa shape index (κ1) is 12.1. The summed E-state index contributed by atoms with van der Waals surface area (Å²) in [5, 5.41) is 0. The number of halogens is 1. The molecule has 0 amide bonds. The van der Waals surface area contributed by atoms with E-state index in [0.29, 0.717) is 6.61 Å². The van der Waals surface area contributed by atoms with Gasteiger partial charge in [0.1, 0.15) is 0 Å². The van der Waals surface area contributed by atoms with Gasteiger partial charge in [0.15, 0.2) is 11.5 Å². The second-order valence-electron chi connectivity index (χ2n) is 3.83. The van der Waals surface area contributed by atoms with Gasteiger partial charge in [-0.15, -0.1) is 0 Å². The highest BCUT2D eigenvalue weighted by Crippen LogP contribution is 2.41. The molecule has 0 bridgehead atoms. The molecule has 1 heterocycles. The lowest BCUT2D eigenvalue weighted by Gasteiger charge is -2.22. The van der Waals surface area contributed by atoms with Gasteiger partial charge < -0.3 is 9.47 Å². The van der Waals surface area contributed by atoms with Crippen molar-refractivity contribution in [3.8, 4) is 11.5 Å². The van der Waals surface area contributed by atoms with Crippen LogP contribution in [0.25, 0.3) is 11.6 Å². The SMILES string of the molecule is C/C=C/c1cc(OC)c2c(c1)/C(=C\Cl)CCO2. The van der Waals surface area contributed by atoms with Crippen molar-refractivity contribution in [1.29, 1.82) is 0 Å². The Morgan fingerprint density at radius 2 is 2.24 bits per heavy atom. The number of hydrogen-bond donors (Lipinski definition) is 0. The van der Waals surface area contributed by atoms with E-state index in [1.807, 2.05) is 25.1 Å². The van der Waals surface area contributed by atoms with Crippen LogP contribution in [-0.2, 0) is 0 Å². The molecule has 0 saturated carbocycles. The Morgan fingerprint density at radius 3 is 2.88 bits per heavy atom. The standard InChI is InChI=1S/C14H15ClO2/c1-3-4-10-7-12-11(9-15)5-6-17-14(12)13(8-10)16-2/h3-4,7-9H,5-6H2,1-2H3/b4-3+,11-9-. The molecule has 1 aromatic carbocycles. The summed E-state index contributed by atoms with van der Waals surface area (Å²) in [5.74, 6) is 1.55. The van der Waals surface area contributed by atoms with Gasteiger partial charge in [-0.2, -0.15) is 0 Å². The van der Waals surface area contributed by atoms with Gasteiger partial charge in [0.2, 0.25) is 0 Å². The molecule has 1 aliphatic rings. The van der Waals surface area contributed by atoms with E-state index in [2.05, 4.69) is 6.07 Å². The molecule has 2 nitrogen and oxygen atoms in total. The van der Waals surface area contributed by atoms with Crippen molar-refractivity contribution >= 4 is 23.3 Å². The van der Waals surface area contributed by atoms with E-state index >= 15 is 0 Å². The van der Waals surface area contributed by atoms with Crippen LogP contribution in [0.2, 0.25) is 0 Å². The van der Waals surface area contributed by atoms with E-state index in [4.69, 9.17) is 21.1 Å². The summed E-state index contributed by atoms with van der Waals surface area (Å²) in [5.41, 5.74) is 4.83. The summed E-state index contributed by atoms with van der Waals surface area (Å²) in [4.78, 5) is 0. The van der Waals surface area contributed by atoms with E-state index in [-0.39, 0.29) is 0 Å². The van der Waals surface area contributed by atoms with Gasteiger partial charge in [0.05, 0.1) is 13.7 Å². The maximum Gasteiger partial charge on any atom is 0.168 e. The van der Waals surface area contributed by atoms with Crippen molar-refractivity contribution in [3.05, 3.63) is 34.9 Å². The van der Waals surface area contributed by atoms with Crippen molar-refractivity contribution < 1.29 is 9.47 Å². The average Bonchev–Trinajstić information content (AvgIpc) is 2.37. The third-order valence-corrected chi connectivity index (χ3v) is 3.02. The predicted molar refractivity (Wildman–Crippen MR) is 71.6 cm³/mol. The Balaban J connectivity index is 2.60. The first-order chi connectivity index (χ1) is 8.30. The van der Waals surface area contributed by atoms with E-state index in [0.717, 1.165) is 34.6 Å². The molecule has 0 unspecified atom stereocenters. The third kappa shape index (κ3) is 2.32. The molecule has 0 saturated heterocycles. The maximum atomic E-state index is 5.86. The van der Waals surface area contributed by atoms with E-state index in [9.17, 15) is 0 Å². The molecule has 1 aliphatic heterocycles. The molecule has 0 radical (unpaired) electrons. The molecule has 0 N–H and O–H groups in total. The minimum atomic E-state index is 0.644. The summed E-state index contributed by atoms with van der Waals surface area (Å²) in [7, 11) is 1.65. The van der Waals surface area contributed by atoms with Crippen LogP contribution in [0.3, 0.4) is 0 Å². The highest BCUT2D eigenvalue weighted by Gasteiger charge is 2.20. The normalized spacial score (nSPS) is 17.0. The Hall–Kier alpha value is -1.41. The zero-order valence-corrected chi connectivity index (χ0v) is 10.8. The molecule has 1 aromatic rings. The third-order valence-electron chi connectivity index (χ3n) is 2.75. The van der Waals surface area contributed by atoms with Crippen LogP contribution in [0.4, 0.5) is 0 Å². The fourth-order valence-corrected chi connectivity index (χ4v) is 2.19. The second-order valence-corrected chi connectivity index (χ2v) is 4.05. The molecule has 2 rings (SSSR count). The lowest BCUT2D eigenvalue weighted by molar-refractivity contribution is 0.292. The number of hydrogen-bond acceptors (Lipinski definition) is 2. The number of allylic oxidation sites excluding steroid dienone is 1. The molecule has 0 fully saturated rings. The lowest BCUT2D eigenvalue weighted by atomic mass is 9.98. The molecule has 3 heteroatoms. The van der Waals surface area contributed by atoms with Gasteiger partial charge in [0.25, 0.3) is 0 Å². The summed E-state index contributed by atoms with van der Waals surface area (Å²) >= 11 is 5.86. The van der Waals surface area contributed by atoms with Crippen LogP contribution in [-0.4, -0.2) is 13.7 Å². The summed E-state index contributed by atoms with van der Waals surface area (Å²) in [6, 6.07) is 4.04. The smallest absolute Gasteiger partial charge is 0.168 e. The van der Waals surface area contributed by atoms with Gasteiger partial charge in [0, 0.05) is 17.5 Å². The number of rotatable bonds is 2. The monoisotopic (exact) mass is 250 g/mol. The minimum Gasteiger partial charge on any atom is -0.493 e. The van der Waals surface area contributed by atoms with Crippen molar-refractivity contribution in [1.82, 2.24) is 0 Å². The second kappa shape index (κ2) is 5.28. The van der Waals surface area contributed by atoms with Gasteiger partial charge in [-0.1, -0.05) is 23.8 Å². The van der Waals surface area contributed by atoms with E-state index in [1.54, 1.807) is 12.6 Å². The van der Waals surface area contributed by atoms with Gasteiger partial charge >= 0.3 is 0 Å². The first-order valence-corrected chi connectivity index (χ1v) is 6.01. The van der Waals surface area contributed by atoms with Crippen LogP contribution in [0.15, 0.2) is 23.7 Å². The molecule has 17 heavy (non-hydrogen) atoms. The largest absolute Gasteiger partial charge is 0.493 e. The molecule has 0 aliphatic carbocycles. The zero-order valence-electron chi connectivity index (χ0n) is 10.00. The fourth-order valence-electron chi connectivity index (χ4n) is 1.96. The summed E-state index contributed by atoms with van der Waals surface area (Å²) in [6.45, 7) is 2.63. The van der Waals surface area contributed by atoms with E-state index < -0.39 is 0 Å². The Morgan fingerprint density at radius 1 is 1.41 bits per heavy atom. The van der Waals surface area contributed by atoms with E-state index in [1.165, 1.54) is 0 Å². The Bertz CT molecular complexity index is 475. The van der Waals surface area contributed by atoms with Crippen LogP contribution >= 0.6 is 11.6 Å². The molecule has 0 aromatic heterocycles. The predicted octanol–water partition coefficient (Wildman–Crippen LogP) is 4.09. The maximum absolute atomic E-state index is 5.86. The summed E-state index contributed by atoms with van der Waals surface area (Å²) in [6.07, 6.45) is 4.86. The van der Waals surface area contributed by atoms with Crippen molar-refractivity contribution in [2.75, 3.05) is 13.7 Å². The van der Waals surface area contributed by atoms with Crippen molar-refractivity contribution in [2.24, 2.45) is 0 Å². The number of fused-ring (bicyclic) bond motifs is 1. The highest BCUT2D eigenvalue weighted by atomic mass is 35.5. The highest BCUT2D eigenvalue weighted by molar-refractivity contribution is 6.28. The van der Waals surface area contributed by atoms with Crippen LogP contribution in [0, 0.1) is 0 Å². The Labute approximate surface area is 106 Å². The number of ether oxygens (including phenoxy) is 2. The Kier molecular flexibility index (Phi) is 3.75.